The predicted molar refractivity (Wildman–Crippen MR) is 70.9 cm³/mol. The molecule has 19 heavy (non-hydrogen) atoms. The van der Waals surface area contributed by atoms with Crippen LogP contribution in [-0.4, -0.2) is 22.0 Å². The van der Waals surface area contributed by atoms with Crippen LogP contribution in [0.15, 0.2) is 42.6 Å². The van der Waals surface area contributed by atoms with E-state index in [4.69, 9.17) is 5.11 Å². The Bertz CT molecular complexity index is 621. The van der Waals surface area contributed by atoms with Crippen molar-refractivity contribution in [2.45, 2.75) is 6.92 Å². The minimum absolute atomic E-state index is 0.00163. The third kappa shape index (κ3) is 3.16. The molecule has 0 saturated heterocycles. The molecule has 0 fully saturated rings. The van der Waals surface area contributed by atoms with Crippen LogP contribution in [0.5, 0.6) is 0 Å². The van der Waals surface area contributed by atoms with Crippen LogP contribution in [0.25, 0.3) is 11.1 Å². The minimum atomic E-state index is -1.06. The van der Waals surface area contributed by atoms with Crippen LogP contribution in [-0.2, 0) is 4.79 Å². The fourth-order valence-electron chi connectivity index (χ4n) is 1.67. The number of carboxylic acids is 1. The molecule has 5 nitrogen and oxygen atoms in total. The lowest BCUT2D eigenvalue weighted by atomic mass is 10.1. The highest BCUT2D eigenvalue weighted by Crippen LogP contribution is 2.22. The molecule has 0 aliphatic heterocycles. The van der Waals surface area contributed by atoms with Crippen LogP contribution in [0.4, 0.5) is 5.69 Å². The highest BCUT2D eigenvalue weighted by Gasteiger charge is 2.05. The number of carboxylic acid groups (broad SMARTS) is 1. The third-order valence-electron chi connectivity index (χ3n) is 2.50. The SMILES string of the molecule is CC(=O)Nc1cccc(-c2ccc(C(=O)O)nc2)c1. The van der Waals surface area contributed by atoms with E-state index in [1.54, 1.807) is 18.2 Å². The molecule has 2 rings (SSSR count). The van der Waals surface area contributed by atoms with E-state index in [-0.39, 0.29) is 11.6 Å². The number of pyridine rings is 1. The van der Waals surface area contributed by atoms with Crippen LogP contribution in [0.1, 0.15) is 17.4 Å². The maximum Gasteiger partial charge on any atom is 0.354 e. The summed E-state index contributed by atoms with van der Waals surface area (Å²) in [4.78, 5) is 25.6. The second kappa shape index (κ2) is 5.30. The van der Waals surface area contributed by atoms with Crippen molar-refractivity contribution in [2.24, 2.45) is 0 Å². The topological polar surface area (TPSA) is 79.3 Å². The Hall–Kier alpha value is -2.69. The molecule has 96 valence electrons. The van der Waals surface area contributed by atoms with Crippen LogP contribution < -0.4 is 5.32 Å². The fraction of sp³-hybridized carbons (Fsp3) is 0.0714. The molecule has 2 N–H and O–H groups in total. The highest BCUT2D eigenvalue weighted by atomic mass is 16.4. The molecular formula is C14H12N2O3. The Labute approximate surface area is 109 Å². The molecule has 1 heterocycles. The van der Waals surface area contributed by atoms with E-state index >= 15 is 0 Å². The van der Waals surface area contributed by atoms with E-state index < -0.39 is 5.97 Å². The number of hydrogen-bond donors (Lipinski definition) is 2. The molecule has 1 aromatic carbocycles. The molecule has 0 saturated carbocycles. The summed E-state index contributed by atoms with van der Waals surface area (Å²) in [5.41, 5.74) is 2.34. The summed E-state index contributed by atoms with van der Waals surface area (Å²) < 4.78 is 0. The van der Waals surface area contributed by atoms with Gasteiger partial charge < -0.3 is 10.4 Å². The van der Waals surface area contributed by atoms with Gasteiger partial charge in [0.1, 0.15) is 5.69 Å². The molecule has 0 bridgehead atoms. The first-order valence-corrected chi connectivity index (χ1v) is 5.63. The number of hydrogen-bond acceptors (Lipinski definition) is 3. The molecule has 0 aliphatic carbocycles. The highest BCUT2D eigenvalue weighted by molar-refractivity contribution is 5.89. The summed E-state index contributed by atoms with van der Waals surface area (Å²) in [6.07, 6.45) is 1.50. The maximum atomic E-state index is 11.0. The Balaban J connectivity index is 2.30. The first kappa shape index (κ1) is 12.8. The summed E-state index contributed by atoms with van der Waals surface area (Å²) in [6.45, 7) is 1.44. The zero-order valence-corrected chi connectivity index (χ0v) is 10.3. The van der Waals surface area contributed by atoms with Gasteiger partial charge in [0, 0.05) is 24.4 Å². The van der Waals surface area contributed by atoms with E-state index in [2.05, 4.69) is 10.3 Å². The van der Waals surface area contributed by atoms with Crippen molar-refractivity contribution in [3.63, 3.8) is 0 Å². The van der Waals surface area contributed by atoms with Gasteiger partial charge in [0.2, 0.25) is 5.91 Å². The van der Waals surface area contributed by atoms with Crippen LogP contribution in [0.2, 0.25) is 0 Å². The Morgan fingerprint density at radius 3 is 2.53 bits per heavy atom. The van der Waals surface area contributed by atoms with Gasteiger partial charge in [0.25, 0.3) is 0 Å². The van der Waals surface area contributed by atoms with Gasteiger partial charge in [-0.3, -0.25) is 4.79 Å². The lowest BCUT2D eigenvalue weighted by Crippen LogP contribution is -2.05. The number of carbonyl (C=O) groups excluding carboxylic acids is 1. The van der Waals surface area contributed by atoms with Crippen molar-refractivity contribution in [1.82, 2.24) is 4.98 Å². The van der Waals surface area contributed by atoms with Crippen LogP contribution >= 0.6 is 0 Å². The summed E-state index contributed by atoms with van der Waals surface area (Å²) in [7, 11) is 0. The van der Waals surface area contributed by atoms with E-state index in [0.717, 1.165) is 11.1 Å². The molecule has 0 aliphatic rings. The van der Waals surface area contributed by atoms with Crippen molar-refractivity contribution in [1.29, 1.82) is 0 Å². The monoisotopic (exact) mass is 256 g/mol. The van der Waals surface area contributed by atoms with Gasteiger partial charge >= 0.3 is 5.97 Å². The van der Waals surface area contributed by atoms with Crippen molar-refractivity contribution in [3.8, 4) is 11.1 Å². The van der Waals surface area contributed by atoms with Crippen LogP contribution in [0, 0.1) is 0 Å². The summed E-state index contributed by atoms with van der Waals surface area (Å²) in [5.74, 6) is -1.20. The zero-order valence-electron chi connectivity index (χ0n) is 10.3. The quantitative estimate of drug-likeness (QED) is 0.883. The van der Waals surface area contributed by atoms with E-state index in [1.165, 1.54) is 19.2 Å². The molecule has 1 amide bonds. The molecule has 0 radical (unpaired) electrons. The van der Waals surface area contributed by atoms with Gasteiger partial charge in [-0.05, 0) is 23.8 Å². The number of aromatic nitrogens is 1. The predicted octanol–water partition coefficient (Wildman–Crippen LogP) is 2.41. The number of rotatable bonds is 3. The smallest absolute Gasteiger partial charge is 0.354 e. The molecular weight excluding hydrogens is 244 g/mol. The number of amides is 1. The first-order valence-electron chi connectivity index (χ1n) is 5.63. The second-order valence-corrected chi connectivity index (χ2v) is 4.00. The lowest BCUT2D eigenvalue weighted by molar-refractivity contribution is -0.114. The lowest BCUT2D eigenvalue weighted by Gasteiger charge is -2.06. The van der Waals surface area contributed by atoms with E-state index in [1.807, 2.05) is 12.1 Å². The third-order valence-corrected chi connectivity index (χ3v) is 2.50. The van der Waals surface area contributed by atoms with E-state index in [0.29, 0.717) is 5.69 Å². The summed E-state index contributed by atoms with van der Waals surface area (Å²) in [6, 6.07) is 10.4. The van der Waals surface area contributed by atoms with Gasteiger partial charge in [0.15, 0.2) is 0 Å². The molecule has 2 aromatic rings. The van der Waals surface area contributed by atoms with E-state index in [9.17, 15) is 9.59 Å². The fourth-order valence-corrected chi connectivity index (χ4v) is 1.67. The number of aromatic carboxylic acids is 1. The Morgan fingerprint density at radius 1 is 1.16 bits per heavy atom. The van der Waals surface area contributed by atoms with Gasteiger partial charge in [-0.15, -0.1) is 0 Å². The van der Waals surface area contributed by atoms with Gasteiger partial charge in [0.05, 0.1) is 0 Å². The van der Waals surface area contributed by atoms with Gasteiger partial charge in [-0.25, -0.2) is 9.78 Å². The van der Waals surface area contributed by atoms with Crippen molar-refractivity contribution < 1.29 is 14.7 Å². The molecule has 0 spiro atoms. The Kier molecular flexibility index (Phi) is 3.56. The average Bonchev–Trinajstić information content (AvgIpc) is 2.38. The van der Waals surface area contributed by atoms with Crippen LogP contribution in [0.3, 0.4) is 0 Å². The summed E-state index contributed by atoms with van der Waals surface area (Å²) >= 11 is 0. The standard InChI is InChI=1S/C14H12N2O3/c1-9(17)16-12-4-2-3-10(7-12)11-5-6-13(14(18)19)15-8-11/h2-8H,1H3,(H,16,17)(H,18,19). The number of nitrogens with zero attached hydrogens (tertiary/aromatic N) is 1. The number of benzene rings is 1. The van der Waals surface area contributed by atoms with Crippen molar-refractivity contribution in [3.05, 3.63) is 48.3 Å². The molecule has 5 heteroatoms. The molecule has 1 aromatic heterocycles. The maximum absolute atomic E-state index is 11.0. The number of carbonyl (C=O) groups is 2. The molecule has 0 atom stereocenters. The van der Waals surface area contributed by atoms with Gasteiger partial charge in [-0.2, -0.15) is 0 Å². The summed E-state index contributed by atoms with van der Waals surface area (Å²) in [5, 5.41) is 11.5. The Morgan fingerprint density at radius 2 is 1.95 bits per heavy atom. The van der Waals surface area contributed by atoms with Gasteiger partial charge in [-0.1, -0.05) is 18.2 Å². The number of nitrogens with one attached hydrogen (secondary N) is 1. The first-order chi connectivity index (χ1) is 9.06. The minimum Gasteiger partial charge on any atom is -0.477 e. The average molecular weight is 256 g/mol. The normalized spacial score (nSPS) is 9.95. The molecule has 0 unspecified atom stereocenters. The van der Waals surface area contributed by atoms with Crippen molar-refractivity contribution in [2.75, 3.05) is 5.32 Å². The largest absolute Gasteiger partial charge is 0.477 e. The number of anilines is 1. The van der Waals surface area contributed by atoms with Crippen molar-refractivity contribution >= 4 is 17.6 Å². The second-order valence-electron chi connectivity index (χ2n) is 4.00. The zero-order chi connectivity index (χ0) is 13.8.